The first-order chi connectivity index (χ1) is 6.93. The summed E-state index contributed by atoms with van der Waals surface area (Å²) in [7, 11) is -3.56. The zero-order chi connectivity index (χ0) is 11.9. The molecule has 0 aromatic carbocycles. The fourth-order valence-electron chi connectivity index (χ4n) is 0.953. The Bertz CT molecular complexity index is 293. The van der Waals surface area contributed by atoms with E-state index >= 15 is 0 Å². The van der Waals surface area contributed by atoms with Crippen molar-refractivity contribution in [3.63, 3.8) is 0 Å². The lowest BCUT2D eigenvalue weighted by Gasteiger charge is -2.19. The largest absolute Gasteiger partial charge is 0.481 e. The van der Waals surface area contributed by atoms with Crippen LogP contribution in [0, 0.1) is 12.3 Å². The van der Waals surface area contributed by atoms with Crippen LogP contribution in [0.25, 0.3) is 0 Å². The molecule has 86 valence electrons. The first kappa shape index (κ1) is 14.2. The molecule has 0 amide bonds. The first-order valence-corrected chi connectivity index (χ1v) is 6.23. The summed E-state index contributed by atoms with van der Waals surface area (Å²) in [4.78, 5) is 10.5. The van der Waals surface area contributed by atoms with E-state index in [2.05, 4.69) is 5.92 Å². The van der Waals surface area contributed by atoms with Crippen LogP contribution < -0.4 is 0 Å². The molecule has 0 fully saturated rings. The number of hydrogen-bond acceptors (Lipinski definition) is 4. The molecule has 0 aromatic rings. The Balaban J connectivity index is 4.44. The van der Waals surface area contributed by atoms with E-state index in [1.54, 1.807) is 13.8 Å². The highest BCUT2D eigenvalue weighted by molar-refractivity contribution is 7.54. The third kappa shape index (κ3) is 6.29. The molecule has 15 heavy (non-hydrogen) atoms. The number of hydrogen-bond donors (Lipinski definition) is 1. The van der Waals surface area contributed by atoms with Crippen LogP contribution in [-0.2, 0) is 18.4 Å². The molecule has 6 heteroatoms. The normalized spacial score (nSPS) is 16.3. The van der Waals surface area contributed by atoms with Crippen molar-refractivity contribution in [1.82, 2.24) is 0 Å². The van der Waals surface area contributed by atoms with Gasteiger partial charge in [0.05, 0.1) is 12.7 Å². The zero-order valence-corrected chi connectivity index (χ0v) is 9.70. The SMILES string of the molecule is C#CCC(C)OP(=O)(CC(=O)O)OCC. The van der Waals surface area contributed by atoms with Crippen molar-refractivity contribution in [1.29, 1.82) is 0 Å². The molecule has 0 aliphatic heterocycles. The van der Waals surface area contributed by atoms with Gasteiger partial charge in [0, 0.05) is 6.42 Å². The minimum absolute atomic E-state index is 0.132. The molecule has 0 rings (SSSR count). The molecule has 0 saturated heterocycles. The lowest BCUT2D eigenvalue weighted by molar-refractivity contribution is -0.134. The Morgan fingerprint density at radius 2 is 2.27 bits per heavy atom. The first-order valence-electron chi connectivity index (χ1n) is 4.50. The highest BCUT2D eigenvalue weighted by atomic mass is 31.2. The van der Waals surface area contributed by atoms with E-state index in [-0.39, 0.29) is 13.0 Å². The van der Waals surface area contributed by atoms with E-state index in [9.17, 15) is 9.36 Å². The second kappa shape index (κ2) is 6.62. The number of carboxylic acid groups (broad SMARTS) is 1. The highest BCUT2D eigenvalue weighted by Gasteiger charge is 2.29. The van der Waals surface area contributed by atoms with E-state index < -0.39 is 25.8 Å². The van der Waals surface area contributed by atoms with Crippen molar-refractivity contribution in [3.8, 4) is 12.3 Å². The smallest absolute Gasteiger partial charge is 0.342 e. The second-order valence-electron chi connectivity index (χ2n) is 2.90. The van der Waals surface area contributed by atoms with Crippen molar-refractivity contribution in [2.75, 3.05) is 12.8 Å². The summed E-state index contributed by atoms with van der Waals surface area (Å²) >= 11 is 0. The third-order valence-corrected chi connectivity index (χ3v) is 3.39. The Kier molecular flexibility index (Phi) is 6.26. The summed E-state index contributed by atoms with van der Waals surface area (Å²) in [5, 5.41) is 8.55. The fourth-order valence-corrected chi connectivity index (χ4v) is 2.53. The van der Waals surface area contributed by atoms with Crippen molar-refractivity contribution in [2.24, 2.45) is 0 Å². The van der Waals surface area contributed by atoms with Gasteiger partial charge in [-0.25, -0.2) is 0 Å². The predicted octanol–water partition coefficient (Wildman–Crippen LogP) is 1.73. The summed E-state index contributed by atoms with van der Waals surface area (Å²) < 4.78 is 21.7. The average molecular weight is 234 g/mol. The molecule has 0 bridgehead atoms. The molecule has 0 aliphatic rings. The van der Waals surface area contributed by atoms with Crippen LogP contribution in [0.4, 0.5) is 0 Å². The lowest BCUT2D eigenvalue weighted by atomic mass is 10.3. The molecule has 0 spiro atoms. The van der Waals surface area contributed by atoms with Crippen LogP contribution in [0.5, 0.6) is 0 Å². The van der Waals surface area contributed by atoms with Crippen LogP contribution in [0.15, 0.2) is 0 Å². The van der Waals surface area contributed by atoms with Crippen LogP contribution in [0.1, 0.15) is 20.3 Å². The van der Waals surface area contributed by atoms with Crippen molar-refractivity contribution in [3.05, 3.63) is 0 Å². The summed E-state index contributed by atoms with van der Waals surface area (Å²) in [5.41, 5.74) is 0. The maximum Gasteiger partial charge on any atom is 0.342 e. The average Bonchev–Trinajstić information content (AvgIpc) is 2.01. The standard InChI is InChI=1S/C9H15O5P/c1-4-6-8(3)14-15(12,13-5-2)7-9(10)11/h1,8H,5-7H2,2-3H3,(H,10,11). The molecular weight excluding hydrogens is 219 g/mol. The van der Waals surface area contributed by atoms with Gasteiger partial charge in [-0.15, -0.1) is 12.3 Å². The molecule has 5 nitrogen and oxygen atoms in total. The van der Waals surface area contributed by atoms with Gasteiger partial charge in [-0.05, 0) is 13.8 Å². The summed E-state index contributed by atoms with van der Waals surface area (Å²) in [6.07, 6.45) is 4.18. The van der Waals surface area contributed by atoms with E-state index in [0.717, 1.165) is 0 Å². The molecule has 0 aliphatic carbocycles. The Labute approximate surface area is 89.3 Å². The zero-order valence-electron chi connectivity index (χ0n) is 8.80. The Morgan fingerprint density at radius 1 is 1.67 bits per heavy atom. The number of carbonyl (C=O) groups is 1. The van der Waals surface area contributed by atoms with Crippen molar-refractivity contribution in [2.45, 2.75) is 26.4 Å². The van der Waals surface area contributed by atoms with Crippen LogP contribution in [0.3, 0.4) is 0 Å². The second-order valence-corrected chi connectivity index (χ2v) is 4.91. The van der Waals surface area contributed by atoms with Gasteiger partial charge < -0.3 is 14.2 Å². The molecule has 0 aromatic heterocycles. The minimum atomic E-state index is -3.56. The van der Waals surface area contributed by atoms with Gasteiger partial charge in [-0.1, -0.05) is 0 Å². The van der Waals surface area contributed by atoms with E-state index in [1.165, 1.54) is 0 Å². The van der Waals surface area contributed by atoms with Gasteiger partial charge in [-0.3, -0.25) is 9.36 Å². The third-order valence-electron chi connectivity index (χ3n) is 1.40. The van der Waals surface area contributed by atoms with E-state index in [1.807, 2.05) is 0 Å². The van der Waals surface area contributed by atoms with Gasteiger partial charge in [0.2, 0.25) is 0 Å². The van der Waals surface area contributed by atoms with Crippen LogP contribution in [0.2, 0.25) is 0 Å². The van der Waals surface area contributed by atoms with Crippen LogP contribution >= 0.6 is 7.60 Å². The van der Waals surface area contributed by atoms with E-state index in [0.29, 0.717) is 0 Å². The summed E-state index contributed by atoms with van der Waals surface area (Å²) in [6, 6.07) is 0. The number of rotatable bonds is 7. The maximum atomic E-state index is 11.8. The van der Waals surface area contributed by atoms with Crippen molar-refractivity contribution < 1.29 is 23.5 Å². The molecule has 2 unspecified atom stereocenters. The Hall–Kier alpha value is -0.820. The lowest BCUT2D eigenvalue weighted by Crippen LogP contribution is -2.13. The summed E-state index contributed by atoms with van der Waals surface area (Å²) in [5.74, 6) is 1.11. The fraction of sp³-hybridized carbons (Fsp3) is 0.667. The van der Waals surface area contributed by atoms with Crippen LogP contribution in [-0.4, -0.2) is 29.9 Å². The molecule has 0 heterocycles. The molecule has 2 atom stereocenters. The highest BCUT2D eigenvalue weighted by Crippen LogP contribution is 2.49. The minimum Gasteiger partial charge on any atom is -0.481 e. The molecule has 1 N–H and O–H groups in total. The quantitative estimate of drug-likeness (QED) is 0.536. The van der Waals surface area contributed by atoms with E-state index in [4.69, 9.17) is 20.6 Å². The molecule has 0 saturated carbocycles. The van der Waals surface area contributed by atoms with Gasteiger partial charge in [0.15, 0.2) is 0 Å². The van der Waals surface area contributed by atoms with Gasteiger partial charge in [0.1, 0.15) is 6.16 Å². The monoisotopic (exact) mass is 234 g/mol. The van der Waals surface area contributed by atoms with Gasteiger partial charge in [0.25, 0.3) is 0 Å². The number of aliphatic carboxylic acids is 1. The maximum absolute atomic E-state index is 11.8. The van der Waals surface area contributed by atoms with Gasteiger partial charge >= 0.3 is 13.6 Å². The van der Waals surface area contributed by atoms with Crippen molar-refractivity contribution >= 4 is 13.6 Å². The van der Waals surface area contributed by atoms with Gasteiger partial charge in [-0.2, -0.15) is 0 Å². The number of terminal acetylenes is 1. The predicted molar refractivity (Wildman–Crippen MR) is 55.7 cm³/mol. The number of carboxylic acids is 1. The molecular formula is C9H15O5P. The Morgan fingerprint density at radius 3 is 2.67 bits per heavy atom. The summed E-state index contributed by atoms with van der Waals surface area (Å²) in [6.45, 7) is 3.37. The molecule has 0 radical (unpaired) electrons. The topological polar surface area (TPSA) is 72.8 Å².